The van der Waals surface area contributed by atoms with Crippen LogP contribution < -0.4 is 0 Å². The van der Waals surface area contributed by atoms with Crippen LogP contribution >= 0.6 is 0 Å². The van der Waals surface area contributed by atoms with Gasteiger partial charge in [-0.2, -0.15) is 0 Å². The molecule has 0 aliphatic carbocycles. The number of hydrogen-bond donors (Lipinski definition) is 0. The first-order valence-corrected chi connectivity index (χ1v) is 9.78. The van der Waals surface area contributed by atoms with Gasteiger partial charge in [0.15, 0.2) is 0 Å². The van der Waals surface area contributed by atoms with E-state index in [0.29, 0.717) is 5.69 Å². The van der Waals surface area contributed by atoms with Crippen molar-refractivity contribution in [3.63, 3.8) is 0 Å². The normalized spacial score (nSPS) is 11.2. The number of benzene rings is 2. The van der Waals surface area contributed by atoms with Crippen LogP contribution in [-0.4, -0.2) is 15.5 Å². The van der Waals surface area contributed by atoms with E-state index in [2.05, 4.69) is 34.7 Å². The second kappa shape index (κ2) is 7.85. The zero-order chi connectivity index (χ0) is 19.5. The Bertz CT molecular complexity index is 1130. The predicted octanol–water partition coefficient (Wildman–Crippen LogP) is 5.66. The van der Waals surface area contributed by atoms with Crippen LogP contribution in [0.4, 0.5) is 0 Å². The van der Waals surface area contributed by atoms with E-state index in [9.17, 15) is 4.79 Å². The first kappa shape index (κ1) is 18.2. The maximum atomic E-state index is 12.6. The second-order valence-electron chi connectivity index (χ2n) is 7.07. The van der Waals surface area contributed by atoms with Crippen LogP contribution in [-0.2, 0) is 17.9 Å². The number of unbranched alkanes of at least 4 members (excludes halogenated alkanes) is 1. The van der Waals surface area contributed by atoms with Crippen molar-refractivity contribution in [2.75, 3.05) is 0 Å². The van der Waals surface area contributed by atoms with Gasteiger partial charge < -0.3 is 9.30 Å². The molecule has 2 aromatic heterocycles. The highest BCUT2D eigenvalue weighted by atomic mass is 16.5. The smallest absolute Gasteiger partial charge is 0.357 e. The van der Waals surface area contributed by atoms with Crippen molar-refractivity contribution in [3.05, 3.63) is 77.6 Å². The van der Waals surface area contributed by atoms with Crippen molar-refractivity contribution in [1.82, 2.24) is 9.55 Å². The Morgan fingerprint density at radius 2 is 1.79 bits per heavy atom. The summed E-state index contributed by atoms with van der Waals surface area (Å²) in [6.45, 7) is 5.36. The number of ether oxygens (including phenoxy) is 1. The van der Waals surface area contributed by atoms with E-state index in [1.165, 1.54) is 5.52 Å². The molecule has 142 valence electrons. The average molecular weight is 372 g/mol. The predicted molar refractivity (Wildman–Crippen MR) is 112 cm³/mol. The first-order chi connectivity index (χ1) is 13.7. The summed E-state index contributed by atoms with van der Waals surface area (Å²) in [5, 5.41) is 2.21. The second-order valence-corrected chi connectivity index (χ2v) is 7.07. The molecule has 4 aromatic rings. The number of aromatic nitrogens is 2. The van der Waals surface area contributed by atoms with Crippen molar-refractivity contribution in [1.29, 1.82) is 0 Å². The number of pyridine rings is 1. The number of aryl methyl sites for hydroxylation is 2. The van der Waals surface area contributed by atoms with Gasteiger partial charge in [0.25, 0.3) is 0 Å². The molecule has 0 spiro atoms. The van der Waals surface area contributed by atoms with Gasteiger partial charge in [0.05, 0.1) is 11.2 Å². The zero-order valence-corrected chi connectivity index (χ0v) is 16.3. The van der Waals surface area contributed by atoms with Crippen LogP contribution in [0.25, 0.3) is 21.8 Å². The molecule has 0 N–H and O–H groups in total. The monoisotopic (exact) mass is 372 g/mol. The van der Waals surface area contributed by atoms with Crippen LogP contribution in [0.15, 0.2) is 60.7 Å². The summed E-state index contributed by atoms with van der Waals surface area (Å²) >= 11 is 0. The Morgan fingerprint density at radius 1 is 1.04 bits per heavy atom. The number of carbonyl (C=O) groups excluding carboxylic acids is 1. The van der Waals surface area contributed by atoms with Crippen LogP contribution in [0.2, 0.25) is 0 Å². The summed E-state index contributed by atoms with van der Waals surface area (Å²) < 4.78 is 7.82. The van der Waals surface area contributed by atoms with Gasteiger partial charge in [0, 0.05) is 22.8 Å². The molecule has 4 heteroatoms. The number of nitrogens with zero attached hydrogens (tertiary/aromatic N) is 2. The molecule has 0 unspecified atom stereocenters. The van der Waals surface area contributed by atoms with E-state index in [1.807, 2.05) is 49.4 Å². The SMILES string of the molecule is CCCCn1c2ccccc2c2cc(C(=O)OCc3ccccc3)nc(C)c21. The van der Waals surface area contributed by atoms with Gasteiger partial charge in [0.1, 0.15) is 12.3 Å². The highest BCUT2D eigenvalue weighted by Crippen LogP contribution is 2.31. The molecule has 0 amide bonds. The fourth-order valence-electron chi connectivity index (χ4n) is 3.72. The molecule has 28 heavy (non-hydrogen) atoms. The fourth-order valence-corrected chi connectivity index (χ4v) is 3.72. The average Bonchev–Trinajstić information content (AvgIpc) is 3.05. The van der Waals surface area contributed by atoms with E-state index in [0.717, 1.165) is 46.9 Å². The minimum absolute atomic E-state index is 0.247. The van der Waals surface area contributed by atoms with Crippen LogP contribution in [0.3, 0.4) is 0 Å². The van der Waals surface area contributed by atoms with Crippen molar-refractivity contribution in [3.8, 4) is 0 Å². The van der Waals surface area contributed by atoms with E-state index >= 15 is 0 Å². The van der Waals surface area contributed by atoms with Crippen molar-refractivity contribution in [2.45, 2.75) is 39.8 Å². The summed E-state index contributed by atoms with van der Waals surface area (Å²) in [6, 6.07) is 19.9. The Labute approximate surface area is 164 Å². The molecule has 4 nitrogen and oxygen atoms in total. The molecule has 0 aliphatic heterocycles. The molecular formula is C24H24N2O2. The lowest BCUT2D eigenvalue weighted by atomic mass is 10.1. The van der Waals surface area contributed by atoms with E-state index < -0.39 is 0 Å². The lowest BCUT2D eigenvalue weighted by Crippen LogP contribution is -2.09. The topological polar surface area (TPSA) is 44.1 Å². The molecule has 0 saturated heterocycles. The largest absolute Gasteiger partial charge is 0.456 e. The molecule has 0 aliphatic rings. The molecule has 0 atom stereocenters. The van der Waals surface area contributed by atoms with Gasteiger partial charge in [-0.05, 0) is 31.0 Å². The number of esters is 1. The van der Waals surface area contributed by atoms with Crippen molar-refractivity contribution in [2.24, 2.45) is 0 Å². The molecule has 4 rings (SSSR count). The zero-order valence-electron chi connectivity index (χ0n) is 16.3. The van der Waals surface area contributed by atoms with Gasteiger partial charge in [-0.25, -0.2) is 9.78 Å². The summed E-state index contributed by atoms with van der Waals surface area (Å²) in [5.74, 6) is -0.390. The summed E-state index contributed by atoms with van der Waals surface area (Å²) in [7, 11) is 0. The summed E-state index contributed by atoms with van der Waals surface area (Å²) in [5.41, 5.74) is 4.47. The minimum atomic E-state index is -0.390. The quantitative estimate of drug-likeness (QED) is 0.411. The van der Waals surface area contributed by atoms with E-state index in [1.54, 1.807) is 0 Å². The van der Waals surface area contributed by atoms with Crippen LogP contribution in [0.1, 0.15) is 41.5 Å². The first-order valence-electron chi connectivity index (χ1n) is 9.78. The summed E-state index contributed by atoms with van der Waals surface area (Å²) in [4.78, 5) is 17.2. The number of fused-ring (bicyclic) bond motifs is 3. The molecule has 2 heterocycles. The van der Waals surface area contributed by atoms with Crippen molar-refractivity contribution >= 4 is 27.8 Å². The van der Waals surface area contributed by atoms with Gasteiger partial charge >= 0.3 is 5.97 Å². The fraction of sp³-hybridized carbons (Fsp3) is 0.250. The lowest BCUT2D eigenvalue weighted by molar-refractivity contribution is 0.0465. The highest BCUT2D eigenvalue weighted by molar-refractivity contribution is 6.10. The van der Waals surface area contributed by atoms with Crippen molar-refractivity contribution < 1.29 is 9.53 Å². The Balaban J connectivity index is 1.73. The standard InChI is InChI=1S/C24H24N2O2/c1-3-4-14-26-22-13-9-8-12-19(22)20-15-21(25-17(2)23(20)26)24(27)28-16-18-10-6-5-7-11-18/h5-13,15H,3-4,14,16H2,1-2H3. The molecule has 2 aromatic carbocycles. The van der Waals surface area contributed by atoms with Crippen LogP contribution in [0.5, 0.6) is 0 Å². The Hall–Kier alpha value is -3.14. The molecule has 0 bridgehead atoms. The Morgan fingerprint density at radius 3 is 2.57 bits per heavy atom. The summed E-state index contributed by atoms with van der Waals surface area (Å²) in [6.07, 6.45) is 2.23. The molecule has 0 fully saturated rings. The third-order valence-corrected chi connectivity index (χ3v) is 5.08. The van der Waals surface area contributed by atoms with Gasteiger partial charge in [-0.1, -0.05) is 61.9 Å². The third-order valence-electron chi connectivity index (χ3n) is 5.08. The number of carbonyl (C=O) groups is 1. The van der Waals surface area contributed by atoms with Crippen LogP contribution in [0, 0.1) is 6.92 Å². The Kier molecular flexibility index (Phi) is 5.11. The number of para-hydroxylation sites is 1. The molecule has 0 saturated carbocycles. The molecule has 0 radical (unpaired) electrons. The third kappa shape index (κ3) is 3.38. The lowest BCUT2D eigenvalue weighted by Gasteiger charge is -2.09. The number of hydrogen-bond acceptors (Lipinski definition) is 3. The van der Waals surface area contributed by atoms with Gasteiger partial charge in [0.2, 0.25) is 0 Å². The van der Waals surface area contributed by atoms with Gasteiger partial charge in [-0.15, -0.1) is 0 Å². The van der Waals surface area contributed by atoms with E-state index in [4.69, 9.17) is 4.74 Å². The minimum Gasteiger partial charge on any atom is -0.456 e. The highest BCUT2D eigenvalue weighted by Gasteiger charge is 2.18. The maximum Gasteiger partial charge on any atom is 0.357 e. The van der Waals surface area contributed by atoms with E-state index in [-0.39, 0.29) is 12.6 Å². The molecular weight excluding hydrogens is 348 g/mol. The van der Waals surface area contributed by atoms with Gasteiger partial charge in [-0.3, -0.25) is 0 Å². The number of rotatable bonds is 6. The maximum absolute atomic E-state index is 12.6.